The predicted molar refractivity (Wildman–Crippen MR) is 63.2 cm³/mol. The van der Waals surface area contributed by atoms with E-state index in [1.54, 1.807) is 13.0 Å². The van der Waals surface area contributed by atoms with E-state index in [-0.39, 0.29) is 5.91 Å². The molecule has 1 atom stereocenters. The van der Waals surface area contributed by atoms with E-state index < -0.39 is 11.5 Å². The van der Waals surface area contributed by atoms with E-state index in [4.69, 9.17) is 4.42 Å². The third-order valence-electron chi connectivity index (χ3n) is 2.89. The number of furan rings is 1. The molecule has 0 spiro atoms. The first-order chi connectivity index (χ1) is 8.05. The van der Waals surface area contributed by atoms with Crippen LogP contribution in [0.25, 0.3) is 0 Å². The van der Waals surface area contributed by atoms with Crippen LogP contribution in [0, 0.1) is 6.92 Å². The van der Waals surface area contributed by atoms with Crippen molar-refractivity contribution in [3.05, 3.63) is 23.7 Å². The molecule has 2 heterocycles. The van der Waals surface area contributed by atoms with Crippen LogP contribution >= 0.6 is 11.8 Å². The van der Waals surface area contributed by atoms with Crippen molar-refractivity contribution < 1.29 is 19.1 Å². The number of carboxylic acids is 1. The van der Waals surface area contributed by atoms with Gasteiger partial charge in [-0.1, -0.05) is 0 Å². The van der Waals surface area contributed by atoms with Crippen LogP contribution < -0.4 is 5.32 Å². The number of rotatable bonds is 3. The van der Waals surface area contributed by atoms with Crippen LogP contribution in [0.5, 0.6) is 0 Å². The highest BCUT2D eigenvalue weighted by Gasteiger charge is 2.43. The monoisotopic (exact) mass is 255 g/mol. The minimum absolute atomic E-state index is 0.388. The van der Waals surface area contributed by atoms with Gasteiger partial charge in [0.05, 0.1) is 11.8 Å². The van der Waals surface area contributed by atoms with Crippen LogP contribution in [0.15, 0.2) is 16.7 Å². The lowest BCUT2D eigenvalue weighted by Gasteiger charge is -2.24. The van der Waals surface area contributed by atoms with Crippen LogP contribution in [0.1, 0.15) is 22.5 Å². The van der Waals surface area contributed by atoms with E-state index in [1.165, 1.54) is 18.0 Å². The lowest BCUT2D eigenvalue weighted by atomic mass is 9.98. The number of nitrogens with one attached hydrogen (secondary N) is 1. The summed E-state index contributed by atoms with van der Waals surface area (Å²) < 4.78 is 5.03. The molecule has 0 radical (unpaired) electrons. The van der Waals surface area contributed by atoms with Gasteiger partial charge in [-0.2, -0.15) is 11.8 Å². The summed E-state index contributed by atoms with van der Waals surface area (Å²) in [4.78, 5) is 23.2. The molecule has 0 bridgehead atoms. The fraction of sp³-hybridized carbons (Fsp3) is 0.455. The average Bonchev–Trinajstić information content (AvgIpc) is 2.87. The second-order valence-electron chi connectivity index (χ2n) is 4.03. The molecule has 0 unspecified atom stereocenters. The molecule has 1 amide bonds. The summed E-state index contributed by atoms with van der Waals surface area (Å²) in [5, 5.41) is 11.8. The summed E-state index contributed by atoms with van der Waals surface area (Å²) in [5.74, 6) is 0.286. The third-order valence-corrected chi connectivity index (χ3v) is 4.08. The zero-order valence-electron chi connectivity index (χ0n) is 9.36. The van der Waals surface area contributed by atoms with Crippen molar-refractivity contribution >= 4 is 23.6 Å². The fourth-order valence-electron chi connectivity index (χ4n) is 1.79. The Morgan fingerprint density at radius 1 is 1.59 bits per heavy atom. The molecule has 1 aromatic heterocycles. The minimum Gasteiger partial charge on any atom is -0.479 e. The molecule has 92 valence electrons. The van der Waals surface area contributed by atoms with E-state index in [1.807, 2.05) is 0 Å². The topological polar surface area (TPSA) is 79.5 Å². The first kappa shape index (κ1) is 12.0. The maximum Gasteiger partial charge on any atom is 0.330 e. The number of carboxylic acid groups (broad SMARTS) is 1. The Hall–Kier alpha value is -1.43. The molecule has 0 aliphatic carbocycles. The number of aryl methyl sites for hydroxylation is 1. The Kier molecular flexibility index (Phi) is 3.15. The van der Waals surface area contributed by atoms with E-state index in [2.05, 4.69) is 5.32 Å². The van der Waals surface area contributed by atoms with E-state index in [9.17, 15) is 14.7 Å². The molecule has 1 aromatic rings. The molecule has 1 aliphatic heterocycles. The van der Waals surface area contributed by atoms with Gasteiger partial charge in [0.1, 0.15) is 11.3 Å². The second-order valence-corrected chi connectivity index (χ2v) is 5.14. The van der Waals surface area contributed by atoms with Crippen molar-refractivity contribution in [2.75, 3.05) is 11.5 Å². The number of hydrogen-bond donors (Lipinski definition) is 2. The minimum atomic E-state index is -1.13. The summed E-state index contributed by atoms with van der Waals surface area (Å²) in [6, 6.07) is 1.54. The maximum absolute atomic E-state index is 11.9. The molecule has 0 saturated carbocycles. The van der Waals surface area contributed by atoms with Crippen molar-refractivity contribution in [2.45, 2.75) is 18.9 Å². The Bertz CT molecular complexity index is 448. The van der Waals surface area contributed by atoms with Crippen molar-refractivity contribution in [3.63, 3.8) is 0 Å². The van der Waals surface area contributed by atoms with Crippen molar-refractivity contribution in [1.82, 2.24) is 5.32 Å². The Balaban J connectivity index is 2.17. The molecular formula is C11H13NO4S. The van der Waals surface area contributed by atoms with E-state index >= 15 is 0 Å². The zero-order chi connectivity index (χ0) is 12.5. The van der Waals surface area contributed by atoms with Gasteiger partial charge in [0.2, 0.25) is 0 Å². The third kappa shape index (κ3) is 2.17. The van der Waals surface area contributed by atoms with Crippen LogP contribution in [-0.2, 0) is 4.79 Å². The normalized spacial score (nSPS) is 23.6. The first-order valence-electron chi connectivity index (χ1n) is 5.23. The Labute approximate surface area is 103 Å². The molecule has 5 nitrogen and oxygen atoms in total. The predicted octanol–water partition coefficient (Wildman–Crippen LogP) is 1.28. The van der Waals surface area contributed by atoms with Crippen LogP contribution in [-0.4, -0.2) is 34.0 Å². The van der Waals surface area contributed by atoms with Crippen LogP contribution in [0.3, 0.4) is 0 Å². The molecule has 2 rings (SSSR count). The highest BCUT2D eigenvalue weighted by molar-refractivity contribution is 7.99. The number of aliphatic carboxylic acids is 1. The number of carbonyl (C=O) groups excluding carboxylic acids is 1. The first-order valence-corrected chi connectivity index (χ1v) is 6.38. The van der Waals surface area contributed by atoms with Crippen molar-refractivity contribution in [3.8, 4) is 0 Å². The number of thioether (sulfide) groups is 1. The van der Waals surface area contributed by atoms with Gasteiger partial charge in [0.15, 0.2) is 0 Å². The highest BCUT2D eigenvalue weighted by atomic mass is 32.2. The zero-order valence-corrected chi connectivity index (χ0v) is 10.2. The van der Waals surface area contributed by atoms with Gasteiger partial charge in [-0.3, -0.25) is 4.79 Å². The lowest BCUT2D eigenvalue weighted by molar-refractivity contribution is -0.143. The second kappa shape index (κ2) is 4.44. The standard InChI is InChI=1S/C11H13NO4S/c1-7-8(2-4-16-7)9(13)12-11(10(14)15)3-5-17-6-11/h2,4H,3,5-6H2,1H3,(H,12,13)(H,14,15)/t11-/m1/s1. The van der Waals surface area contributed by atoms with Crippen molar-refractivity contribution in [2.24, 2.45) is 0 Å². The van der Waals surface area contributed by atoms with E-state index in [0.29, 0.717) is 23.5 Å². The maximum atomic E-state index is 11.9. The van der Waals surface area contributed by atoms with Gasteiger partial charge in [-0.25, -0.2) is 4.79 Å². The molecule has 0 aromatic carbocycles. The van der Waals surface area contributed by atoms with Crippen LogP contribution in [0.2, 0.25) is 0 Å². The number of amides is 1. The van der Waals surface area contributed by atoms with Crippen LogP contribution in [0.4, 0.5) is 0 Å². The van der Waals surface area contributed by atoms with Gasteiger partial charge in [-0.05, 0) is 25.2 Å². The van der Waals surface area contributed by atoms with Gasteiger partial charge in [-0.15, -0.1) is 0 Å². The summed E-state index contributed by atoms with van der Waals surface area (Å²) in [6.07, 6.45) is 1.87. The molecule has 6 heteroatoms. The number of hydrogen-bond acceptors (Lipinski definition) is 4. The SMILES string of the molecule is Cc1occc1C(=O)N[C@]1(C(=O)O)CCSC1. The molecule has 1 aliphatic rings. The Morgan fingerprint density at radius 2 is 2.35 bits per heavy atom. The number of carbonyl (C=O) groups is 2. The lowest BCUT2D eigenvalue weighted by Crippen LogP contribution is -2.54. The Morgan fingerprint density at radius 3 is 2.82 bits per heavy atom. The summed E-state index contributed by atoms with van der Waals surface area (Å²) >= 11 is 1.53. The van der Waals surface area contributed by atoms with Gasteiger partial charge in [0.25, 0.3) is 5.91 Å². The van der Waals surface area contributed by atoms with Gasteiger partial charge >= 0.3 is 5.97 Å². The van der Waals surface area contributed by atoms with E-state index in [0.717, 1.165) is 5.75 Å². The highest BCUT2D eigenvalue weighted by Crippen LogP contribution is 2.28. The summed E-state index contributed by atoms with van der Waals surface area (Å²) in [6.45, 7) is 1.67. The van der Waals surface area contributed by atoms with Gasteiger partial charge in [0, 0.05) is 5.75 Å². The molecule has 1 fully saturated rings. The molecule has 2 N–H and O–H groups in total. The molecule has 1 saturated heterocycles. The molecule has 17 heavy (non-hydrogen) atoms. The quantitative estimate of drug-likeness (QED) is 0.850. The molecular weight excluding hydrogens is 242 g/mol. The van der Waals surface area contributed by atoms with Gasteiger partial charge < -0.3 is 14.8 Å². The fourth-order valence-corrected chi connectivity index (χ4v) is 3.12. The summed E-state index contributed by atoms with van der Waals surface area (Å²) in [5.41, 5.74) is -0.742. The summed E-state index contributed by atoms with van der Waals surface area (Å²) in [7, 11) is 0. The largest absolute Gasteiger partial charge is 0.479 e. The van der Waals surface area contributed by atoms with Crippen molar-refractivity contribution in [1.29, 1.82) is 0 Å². The average molecular weight is 255 g/mol. The smallest absolute Gasteiger partial charge is 0.330 e.